The molecule has 0 aliphatic heterocycles. The van der Waals surface area contributed by atoms with Gasteiger partial charge >= 0.3 is 0 Å². The molecule has 1 N–H and O–H groups in total. The number of para-hydroxylation sites is 1. The molecule has 0 aliphatic rings. The van der Waals surface area contributed by atoms with E-state index < -0.39 is 10.0 Å². The summed E-state index contributed by atoms with van der Waals surface area (Å²) < 4.78 is 33.7. The highest BCUT2D eigenvalue weighted by molar-refractivity contribution is 7.92. The lowest BCUT2D eigenvalue weighted by Crippen LogP contribution is -2.42. The van der Waals surface area contributed by atoms with Gasteiger partial charge in [-0.1, -0.05) is 48.9 Å². The molecule has 0 saturated carbocycles. The second-order valence-electron chi connectivity index (χ2n) is 8.37. The highest BCUT2D eigenvalue weighted by atomic mass is 32.2. The molecule has 0 spiro atoms. The number of methoxy groups -OCH3 is 1. The lowest BCUT2D eigenvalue weighted by Gasteiger charge is -2.26. The average Bonchev–Trinajstić information content (AvgIpc) is 2.81. The predicted molar refractivity (Wildman–Crippen MR) is 136 cm³/mol. The Hall–Kier alpha value is -3.32. The van der Waals surface area contributed by atoms with E-state index in [1.54, 1.807) is 49.4 Å². The Balaban J connectivity index is 1.92. The van der Waals surface area contributed by atoms with Crippen LogP contribution in [-0.2, 0) is 14.8 Å². The molecule has 7 heteroatoms. The fourth-order valence-electron chi connectivity index (χ4n) is 4.03. The van der Waals surface area contributed by atoms with Crippen LogP contribution in [0, 0.1) is 20.8 Å². The smallest absolute Gasteiger partial charge is 0.264 e. The SMILES string of the molecule is CCC(NC(=O)CN(c1ccccc1)S(=O)(=O)c1ccc(OC)c(C)c1)c1ccc(C)cc1C. The number of amides is 1. The van der Waals surface area contributed by atoms with Gasteiger partial charge in [0.25, 0.3) is 10.0 Å². The molecule has 1 atom stereocenters. The molecular formula is C27H32N2O4S. The standard InChI is InChI=1S/C27H32N2O4S/c1-6-25(24-14-12-19(2)16-20(24)3)28-27(30)18-29(22-10-8-7-9-11-22)34(31,32)23-13-15-26(33-5)21(4)17-23/h7-17,25H,6,18H2,1-5H3,(H,28,30). The molecule has 3 aromatic rings. The molecule has 34 heavy (non-hydrogen) atoms. The van der Waals surface area contributed by atoms with Crippen LogP contribution in [0.1, 0.15) is 41.6 Å². The Bertz CT molecular complexity index is 1260. The van der Waals surface area contributed by atoms with E-state index in [2.05, 4.69) is 11.4 Å². The third kappa shape index (κ3) is 5.59. The van der Waals surface area contributed by atoms with E-state index in [-0.39, 0.29) is 23.4 Å². The number of carbonyl (C=O) groups excluding carboxylic acids is 1. The monoisotopic (exact) mass is 480 g/mol. The fourth-order valence-corrected chi connectivity index (χ4v) is 5.54. The number of aryl methyl sites for hydroxylation is 3. The summed E-state index contributed by atoms with van der Waals surface area (Å²) in [5, 5.41) is 3.03. The maximum atomic E-state index is 13.6. The molecule has 0 bridgehead atoms. The van der Waals surface area contributed by atoms with Crippen molar-refractivity contribution in [2.24, 2.45) is 0 Å². The summed E-state index contributed by atoms with van der Waals surface area (Å²) in [6, 6.07) is 19.3. The lowest BCUT2D eigenvalue weighted by atomic mass is 9.97. The molecule has 0 fully saturated rings. The van der Waals surface area contributed by atoms with Crippen LogP contribution in [0.15, 0.2) is 71.6 Å². The summed E-state index contributed by atoms with van der Waals surface area (Å²) in [5.41, 5.74) is 4.39. The Morgan fingerprint density at radius 3 is 2.26 bits per heavy atom. The number of anilines is 1. The minimum absolute atomic E-state index is 0.101. The van der Waals surface area contributed by atoms with Gasteiger partial charge in [-0.05, 0) is 74.2 Å². The Labute approximate surface area is 202 Å². The third-order valence-corrected chi connectivity index (χ3v) is 7.60. The molecule has 3 aromatic carbocycles. The lowest BCUT2D eigenvalue weighted by molar-refractivity contribution is -0.120. The topological polar surface area (TPSA) is 75.7 Å². The molecule has 1 amide bonds. The maximum absolute atomic E-state index is 13.6. The average molecular weight is 481 g/mol. The summed E-state index contributed by atoms with van der Waals surface area (Å²) >= 11 is 0. The highest BCUT2D eigenvalue weighted by Gasteiger charge is 2.28. The van der Waals surface area contributed by atoms with Crippen LogP contribution in [0.3, 0.4) is 0 Å². The van der Waals surface area contributed by atoms with Crippen LogP contribution < -0.4 is 14.4 Å². The number of ether oxygens (including phenoxy) is 1. The van der Waals surface area contributed by atoms with Crippen LogP contribution in [0.5, 0.6) is 5.75 Å². The summed E-state index contributed by atoms with van der Waals surface area (Å²) in [7, 11) is -2.46. The predicted octanol–water partition coefficient (Wildman–Crippen LogP) is 5.08. The van der Waals surface area contributed by atoms with E-state index in [1.807, 2.05) is 32.9 Å². The summed E-state index contributed by atoms with van der Waals surface area (Å²) in [6.45, 7) is 7.49. The molecule has 0 saturated heterocycles. The Morgan fingerprint density at radius 1 is 0.971 bits per heavy atom. The van der Waals surface area contributed by atoms with Crippen molar-refractivity contribution in [1.29, 1.82) is 0 Å². The van der Waals surface area contributed by atoms with E-state index in [9.17, 15) is 13.2 Å². The van der Waals surface area contributed by atoms with Crippen LogP contribution in [-0.4, -0.2) is 28.0 Å². The molecule has 0 aromatic heterocycles. The minimum Gasteiger partial charge on any atom is -0.496 e. The van der Waals surface area contributed by atoms with Gasteiger partial charge in [-0.15, -0.1) is 0 Å². The molecule has 180 valence electrons. The van der Waals surface area contributed by atoms with Gasteiger partial charge in [0.05, 0.1) is 23.7 Å². The van der Waals surface area contributed by atoms with Crippen LogP contribution in [0.25, 0.3) is 0 Å². The number of benzene rings is 3. The summed E-state index contributed by atoms with van der Waals surface area (Å²) in [4.78, 5) is 13.3. The van der Waals surface area contributed by atoms with Gasteiger partial charge in [-0.3, -0.25) is 9.10 Å². The zero-order valence-electron chi connectivity index (χ0n) is 20.3. The van der Waals surface area contributed by atoms with E-state index in [1.165, 1.54) is 13.2 Å². The van der Waals surface area contributed by atoms with Crippen molar-refractivity contribution in [3.63, 3.8) is 0 Å². The second-order valence-corrected chi connectivity index (χ2v) is 10.2. The molecule has 6 nitrogen and oxygen atoms in total. The number of rotatable bonds is 9. The normalized spacial score (nSPS) is 12.1. The first-order chi connectivity index (χ1) is 16.2. The van der Waals surface area contributed by atoms with Crippen LogP contribution >= 0.6 is 0 Å². The second kappa shape index (κ2) is 10.7. The number of carbonyl (C=O) groups is 1. The van der Waals surface area contributed by atoms with Gasteiger partial charge < -0.3 is 10.1 Å². The number of nitrogens with one attached hydrogen (secondary N) is 1. The Morgan fingerprint density at radius 2 is 1.68 bits per heavy atom. The first-order valence-corrected chi connectivity index (χ1v) is 12.7. The van der Waals surface area contributed by atoms with E-state index in [0.29, 0.717) is 23.4 Å². The van der Waals surface area contributed by atoms with Crippen molar-refractivity contribution in [3.05, 3.63) is 89.0 Å². The zero-order chi connectivity index (χ0) is 24.9. The molecule has 0 heterocycles. The molecule has 0 radical (unpaired) electrons. The zero-order valence-corrected chi connectivity index (χ0v) is 21.1. The van der Waals surface area contributed by atoms with Gasteiger partial charge in [0, 0.05) is 0 Å². The van der Waals surface area contributed by atoms with E-state index in [0.717, 1.165) is 21.0 Å². The van der Waals surface area contributed by atoms with Gasteiger partial charge in [0.1, 0.15) is 12.3 Å². The molecular weight excluding hydrogens is 448 g/mol. The molecule has 1 unspecified atom stereocenters. The van der Waals surface area contributed by atoms with Crippen molar-refractivity contribution in [3.8, 4) is 5.75 Å². The van der Waals surface area contributed by atoms with Crippen molar-refractivity contribution < 1.29 is 17.9 Å². The quantitative estimate of drug-likeness (QED) is 0.463. The Kier molecular flexibility index (Phi) is 7.99. The molecule has 0 aliphatic carbocycles. The van der Waals surface area contributed by atoms with Gasteiger partial charge in [-0.25, -0.2) is 8.42 Å². The van der Waals surface area contributed by atoms with Gasteiger partial charge in [-0.2, -0.15) is 0 Å². The first-order valence-electron chi connectivity index (χ1n) is 11.3. The van der Waals surface area contributed by atoms with Crippen LogP contribution in [0.2, 0.25) is 0 Å². The van der Waals surface area contributed by atoms with Crippen LogP contribution in [0.4, 0.5) is 5.69 Å². The fraction of sp³-hybridized carbons (Fsp3) is 0.296. The first kappa shape index (κ1) is 25.3. The number of hydrogen-bond donors (Lipinski definition) is 1. The minimum atomic E-state index is -4.00. The van der Waals surface area contributed by atoms with Gasteiger partial charge in [0.15, 0.2) is 0 Å². The summed E-state index contributed by atoms with van der Waals surface area (Å²) in [5.74, 6) is 0.228. The molecule has 3 rings (SSSR count). The van der Waals surface area contributed by atoms with Crippen molar-refractivity contribution in [1.82, 2.24) is 5.32 Å². The number of nitrogens with zero attached hydrogens (tertiary/aromatic N) is 1. The third-order valence-electron chi connectivity index (χ3n) is 5.83. The van der Waals surface area contributed by atoms with Crippen molar-refractivity contribution >= 4 is 21.6 Å². The van der Waals surface area contributed by atoms with E-state index >= 15 is 0 Å². The number of hydrogen-bond acceptors (Lipinski definition) is 4. The summed E-state index contributed by atoms with van der Waals surface area (Å²) in [6.07, 6.45) is 0.686. The van der Waals surface area contributed by atoms with Gasteiger partial charge in [0.2, 0.25) is 5.91 Å². The largest absolute Gasteiger partial charge is 0.496 e. The highest BCUT2D eigenvalue weighted by Crippen LogP contribution is 2.28. The maximum Gasteiger partial charge on any atom is 0.264 e. The van der Waals surface area contributed by atoms with Crippen molar-refractivity contribution in [2.45, 2.75) is 45.1 Å². The number of sulfonamides is 1. The van der Waals surface area contributed by atoms with Crippen molar-refractivity contribution in [2.75, 3.05) is 18.0 Å². The van der Waals surface area contributed by atoms with E-state index in [4.69, 9.17) is 4.74 Å².